The molecule has 2 aliphatic carbocycles. The second-order valence-corrected chi connectivity index (χ2v) is 6.91. The highest BCUT2D eigenvalue weighted by atomic mass is 16.2. The molecule has 1 aromatic heterocycles. The fraction of sp³-hybridized carbons (Fsp3) is 0.750. The molecule has 4 rings (SSSR count). The van der Waals surface area contributed by atoms with E-state index in [1.165, 1.54) is 25.7 Å². The van der Waals surface area contributed by atoms with Crippen LogP contribution in [0, 0.1) is 17.8 Å². The minimum absolute atomic E-state index is 0.383. The molecule has 1 aliphatic heterocycles. The van der Waals surface area contributed by atoms with Gasteiger partial charge in [-0.25, -0.2) is 0 Å². The summed E-state index contributed by atoms with van der Waals surface area (Å²) in [5.74, 6) is 2.86. The lowest BCUT2D eigenvalue weighted by Crippen LogP contribution is -2.31. The molecule has 4 heteroatoms. The summed E-state index contributed by atoms with van der Waals surface area (Å²) in [6.07, 6.45) is 11.2. The third-order valence-corrected chi connectivity index (χ3v) is 5.74. The van der Waals surface area contributed by atoms with Crippen molar-refractivity contribution in [1.82, 2.24) is 14.7 Å². The van der Waals surface area contributed by atoms with Crippen molar-refractivity contribution < 1.29 is 4.79 Å². The van der Waals surface area contributed by atoms with Crippen LogP contribution in [-0.4, -0.2) is 33.7 Å². The topological polar surface area (TPSA) is 38.1 Å². The number of nitrogens with zero attached hydrogens (tertiary/aromatic N) is 3. The van der Waals surface area contributed by atoms with Gasteiger partial charge in [-0.3, -0.25) is 9.48 Å². The molecular formula is C16H23N3O. The molecular weight excluding hydrogens is 250 g/mol. The molecule has 108 valence electrons. The zero-order valence-corrected chi connectivity index (χ0v) is 11.9. The first kappa shape index (κ1) is 12.4. The van der Waals surface area contributed by atoms with Gasteiger partial charge in [0.2, 0.25) is 5.91 Å². The van der Waals surface area contributed by atoms with Crippen LogP contribution in [0.1, 0.15) is 44.6 Å². The van der Waals surface area contributed by atoms with Gasteiger partial charge in [0.1, 0.15) is 0 Å². The van der Waals surface area contributed by atoms with Crippen LogP contribution in [0.3, 0.4) is 0 Å². The Hall–Kier alpha value is -1.32. The highest BCUT2D eigenvalue weighted by molar-refractivity contribution is 5.76. The van der Waals surface area contributed by atoms with Crippen LogP contribution in [0.25, 0.3) is 0 Å². The largest absolute Gasteiger partial charge is 0.340 e. The number of amides is 1. The van der Waals surface area contributed by atoms with E-state index in [0.717, 1.165) is 37.8 Å². The molecule has 0 unspecified atom stereocenters. The van der Waals surface area contributed by atoms with Gasteiger partial charge in [0.05, 0.1) is 6.04 Å². The van der Waals surface area contributed by atoms with Crippen molar-refractivity contribution in [3.63, 3.8) is 0 Å². The van der Waals surface area contributed by atoms with Crippen molar-refractivity contribution in [3.05, 3.63) is 18.5 Å². The summed E-state index contributed by atoms with van der Waals surface area (Å²) >= 11 is 0. The molecule has 3 fully saturated rings. The zero-order chi connectivity index (χ0) is 13.5. The summed E-state index contributed by atoms with van der Waals surface area (Å²) in [7, 11) is 0. The second-order valence-electron chi connectivity index (χ2n) is 6.91. The van der Waals surface area contributed by atoms with Crippen LogP contribution >= 0.6 is 0 Å². The van der Waals surface area contributed by atoms with Crippen LogP contribution < -0.4 is 0 Å². The van der Waals surface area contributed by atoms with E-state index in [9.17, 15) is 4.79 Å². The predicted molar refractivity (Wildman–Crippen MR) is 76.0 cm³/mol. The van der Waals surface area contributed by atoms with Crippen LogP contribution in [0.15, 0.2) is 18.5 Å². The highest BCUT2D eigenvalue weighted by Gasteiger charge is 2.41. The van der Waals surface area contributed by atoms with E-state index in [1.807, 2.05) is 23.1 Å². The summed E-state index contributed by atoms with van der Waals surface area (Å²) in [4.78, 5) is 14.6. The molecule has 1 saturated heterocycles. The standard InChI is InChI=1S/C16H23N3O/c20-16(10-14-9-12-2-3-13(14)8-12)18-7-4-15(11-18)19-6-1-5-17-19/h1,5-6,12-15H,2-4,7-11H2/t12-,13-,14-,15+/m0/s1. The lowest BCUT2D eigenvalue weighted by molar-refractivity contribution is -0.131. The van der Waals surface area contributed by atoms with Gasteiger partial charge in [0.25, 0.3) is 0 Å². The van der Waals surface area contributed by atoms with E-state index >= 15 is 0 Å². The molecule has 2 bridgehead atoms. The van der Waals surface area contributed by atoms with Crippen molar-refractivity contribution in [2.45, 2.75) is 44.6 Å². The SMILES string of the molecule is O=C(C[C@@H]1C[C@H]2CC[C@H]1C2)N1CC[C@@H](n2cccn2)C1. The third-order valence-electron chi connectivity index (χ3n) is 5.74. The average Bonchev–Trinajstić information content (AvgIpc) is 3.21. The van der Waals surface area contributed by atoms with Gasteiger partial charge in [-0.15, -0.1) is 0 Å². The minimum atomic E-state index is 0.383. The van der Waals surface area contributed by atoms with E-state index in [4.69, 9.17) is 0 Å². The van der Waals surface area contributed by atoms with E-state index in [-0.39, 0.29) is 0 Å². The van der Waals surface area contributed by atoms with Crippen LogP contribution in [0.5, 0.6) is 0 Å². The Morgan fingerprint density at radius 1 is 1.25 bits per heavy atom. The monoisotopic (exact) mass is 273 g/mol. The normalized spacial score (nSPS) is 35.9. The summed E-state index contributed by atoms with van der Waals surface area (Å²) in [6.45, 7) is 1.76. The second kappa shape index (κ2) is 4.90. The van der Waals surface area contributed by atoms with Crippen molar-refractivity contribution in [1.29, 1.82) is 0 Å². The lowest BCUT2D eigenvalue weighted by Gasteiger charge is -2.24. The molecule has 20 heavy (non-hydrogen) atoms. The fourth-order valence-corrected chi connectivity index (χ4v) is 4.66. The first-order valence-corrected chi connectivity index (χ1v) is 8.06. The molecule has 1 amide bonds. The third kappa shape index (κ3) is 2.15. The Balaban J connectivity index is 1.33. The molecule has 4 nitrogen and oxygen atoms in total. The number of aromatic nitrogens is 2. The Morgan fingerprint density at radius 3 is 2.90 bits per heavy atom. The molecule has 0 aromatic carbocycles. The Morgan fingerprint density at radius 2 is 2.20 bits per heavy atom. The van der Waals surface area contributed by atoms with Crippen LogP contribution in [0.4, 0.5) is 0 Å². The lowest BCUT2D eigenvalue weighted by atomic mass is 9.86. The number of carbonyl (C=O) groups is 1. The molecule has 3 aliphatic rings. The molecule has 2 saturated carbocycles. The van der Waals surface area contributed by atoms with Crippen LogP contribution in [-0.2, 0) is 4.79 Å². The maximum absolute atomic E-state index is 12.5. The van der Waals surface area contributed by atoms with Gasteiger partial charge < -0.3 is 4.90 Å². The summed E-state index contributed by atoms with van der Waals surface area (Å²) in [6, 6.07) is 2.34. The smallest absolute Gasteiger partial charge is 0.222 e. The molecule has 0 radical (unpaired) electrons. The van der Waals surface area contributed by atoms with Crippen LogP contribution in [0.2, 0.25) is 0 Å². The van der Waals surface area contributed by atoms with Gasteiger partial charge >= 0.3 is 0 Å². The van der Waals surface area contributed by atoms with Gasteiger partial charge in [-0.1, -0.05) is 6.42 Å². The maximum Gasteiger partial charge on any atom is 0.222 e. The quantitative estimate of drug-likeness (QED) is 0.848. The zero-order valence-electron chi connectivity index (χ0n) is 11.9. The fourth-order valence-electron chi connectivity index (χ4n) is 4.66. The molecule has 0 N–H and O–H groups in total. The van der Waals surface area contributed by atoms with Crippen molar-refractivity contribution in [3.8, 4) is 0 Å². The number of likely N-dealkylation sites (tertiary alicyclic amines) is 1. The van der Waals surface area contributed by atoms with E-state index in [2.05, 4.69) is 10.00 Å². The first-order chi connectivity index (χ1) is 9.79. The van der Waals surface area contributed by atoms with Gasteiger partial charge in [-0.2, -0.15) is 5.10 Å². The summed E-state index contributed by atoms with van der Waals surface area (Å²) in [5.41, 5.74) is 0. The molecule has 0 spiro atoms. The Kier molecular flexibility index (Phi) is 3.04. The first-order valence-electron chi connectivity index (χ1n) is 8.06. The Labute approximate surface area is 120 Å². The number of fused-ring (bicyclic) bond motifs is 2. The van der Waals surface area contributed by atoms with Gasteiger partial charge in [0.15, 0.2) is 0 Å². The summed E-state index contributed by atoms with van der Waals surface area (Å²) < 4.78 is 2.00. The molecule has 4 atom stereocenters. The van der Waals surface area contributed by atoms with Gasteiger partial charge in [0, 0.05) is 31.9 Å². The van der Waals surface area contributed by atoms with Crippen molar-refractivity contribution in [2.75, 3.05) is 13.1 Å². The van der Waals surface area contributed by atoms with E-state index in [0.29, 0.717) is 17.9 Å². The van der Waals surface area contributed by atoms with Gasteiger partial charge in [-0.05, 0) is 49.5 Å². The van der Waals surface area contributed by atoms with E-state index < -0.39 is 0 Å². The van der Waals surface area contributed by atoms with Crippen molar-refractivity contribution >= 4 is 5.91 Å². The number of rotatable bonds is 3. The average molecular weight is 273 g/mol. The number of carbonyl (C=O) groups excluding carboxylic acids is 1. The number of hydrogen-bond acceptors (Lipinski definition) is 2. The highest BCUT2D eigenvalue weighted by Crippen LogP contribution is 2.49. The minimum Gasteiger partial charge on any atom is -0.340 e. The number of hydrogen-bond donors (Lipinski definition) is 0. The maximum atomic E-state index is 12.5. The Bertz CT molecular complexity index is 484. The summed E-state index contributed by atoms with van der Waals surface area (Å²) in [5, 5.41) is 4.31. The molecule has 1 aromatic rings. The van der Waals surface area contributed by atoms with E-state index in [1.54, 1.807) is 0 Å². The molecule has 2 heterocycles. The van der Waals surface area contributed by atoms with Crippen molar-refractivity contribution in [2.24, 2.45) is 17.8 Å². The predicted octanol–water partition coefficient (Wildman–Crippen LogP) is 2.48.